The molecule has 7 heteroatoms. The summed E-state index contributed by atoms with van der Waals surface area (Å²) in [5.41, 5.74) is 4.74. The predicted molar refractivity (Wildman–Crippen MR) is 74.1 cm³/mol. The van der Waals surface area contributed by atoms with Gasteiger partial charge in [0, 0.05) is 17.5 Å². The summed E-state index contributed by atoms with van der Waals surface area (Å²) in [4.78, 5) is 33.3. The highest BCUT2D eigenvalue weighted by Gasteiger charge is 2.24. The molecule has 0 aromatic heterocycles. The van der Waals surface area contributed by atoms with E-state index in [1.165, 1.54) is 12.1 Å². The van der Waals surface area contributed by atoms with Crippen molar-refractivity contribution in [1.29, 1.82) is 0 Å². The van der Waals surface area contributed by atoms with Crippen LogP contribution in [0.3, 0.4) is 0 Å². The first-order valence-corrected chi connectivity index (χ1v) is 6.73. The van der Waals surface area contributed by atoms with E-state index >= 15 is 0 Å². The van der Waals surface area contributed by atoms with E-state index < -0.39 is 10.8 Å². The number of ketones is 1. The van der Waals surface area contributed by atoms with Crippen molar-refractivity contribution in [3.63, 3.8) is 0 Å². The SMILES string of the molecule is NC(=O)c1ccc(OCC(=O)C2CCCC2)c([N+](=O)[O-])c1. The van der Waals surface area contributed by atoms with Crippen molar-refractivity contribution in [2.45, 2.75) is 25.7 Å². The van der Waals surface area contributed by atoms with E-state index in [4.69, 9.17) is 10.5 Å². The van der Waals surface area contributed by atoms with Crippen LogP contribution in [0.2, 0.25) is 0 Å². The molecule has 112 valence electrons. The minimum atomic E-state index is -0.758. The quantitative estimate of drug-likeness (QED) is 0.634. The molecule has 7 nitrogen and oxygen atoms in total. The van der Waals surface area contributed by atoms with Crippen molar-refractivity contribution in [3.8, 4) is 5.75 Å². The maximum absolute atomic E-state index is 11.9. The monoisotopic (exact) mass is 292 g/mol. The van der Waals surface area contributed by atoms with Crippen LogP contribution in [0.5, 0.6) is 5.75 Å². The number of ether oxygens (including phenoxy) is 1. The summed E-state index contributed by atoms with van der Waals surface area (Å²) in [6, 6.07) is 3.68. The van der Waals surface area contributed by atoms with Crippen LogP contribution in [0, 0.1) is 16.0 Å². The van der Waals surface area contributed by atoms with Gasteiger partial charge in [-0.1, -0.05) is 12.8 Å². The van der Waals surface area contributed by atoms with Gasteiger partial charge in [-0.25, -0.2) is 0 Å². The molecule has 0 atom stereocenters. The lowest BCUT2D eigenvalue weighted by Crippen LogP contribution is -2.19. The highest BCUT2D eigenvalue weighted by atomic mass is 16.6. The molecule has 0 saturated heterocycles. The topological polar surface area (TPSA) is 113 Å². The van der Waals surface area contributed by atoms with Crippen LogP contribution < -0.4 is 10.5 Å². The summed E-state index contributed by atoms with van der Waals surface area (Å²) < 4.78 is 5.26. The largest absolute Gasteiger partial charge is 0.479 e. The lowest BCUT2D eigenvalue weighted by atomic mass is 10.0. The molecule has 0 aliphatic heterocycles. The molecule has 2 rings (SSSR count). The van der Waals surface area contributed by atoms with Crippen LogP contribution in [0.15, 0.2) is 18.2 Å². The molecule has 1 aromatic carbocycles. The smallest absolute Gasteiger partial charge is 0.311 e. The number of amides is 1. The average molecular weight is 292 g/mol. The van der Waals surface area contributed by atoms with Gasteiger partial charge >= 0.3 is 5.69 Å². The second-order valence-corrected chi connectivity index (χ2v) is 5.04. The molecule has 2 N–H and O–H groups in total. The Labute approximate surface area is 121 Å². The zero-order valence-corrected chi connectivity index (χ0v) is 11.4. The number of nitro benzene ring substituents is 1. The number of primary amides is 1. The Hall–Kier alpha value is -2.44. The van der Waals surface area contributed by atoms with E-state index in [1.807, 2.05) is 0 Å². The molecule has 0 radical (unpaired) electrons. The number of benzene rings is 1. The number of Topliss-reactive ketones (excluding diaryl/α,β-unsaturated/α-hetero) is 1. The lowest BCUT2D eigenvalue weighted by molar-refractivity contribution is -0.385. The van der Waals surface area contributed by atoms with Gasteiger partial charge < -0.3 is 10.5 Å². The highest BCUT2D eigenvalue weighted by Crippen LogP contribution is 2.29. The fourth-order valence-corrected chi connectivity index (χ4v) is 2.45. The zero-order chi connectivity index (χ0) is 15.4. The average Bonchev–Trinajstić information content (AvgIpc) is 2.98. The molecular formula is C14H16N2O5. The Morgan fingerprint density at radius 2 is 2.00 bits per heavy atom. The molecule has 1 amide bonds. The molecule has 0 bridgehead atoms. The minimum Gasteiger partial charge on any atom is -0.479 e. The molecule has 21 heavy (non-hydrogen) atoms. The van der Waals surface area contributed by atoms with Gasteiger partial charge in [0.2, 0.25) is 5.91 Å². The van der Waals surface area contributed by atoms with E-state index in [9.17, 15) is 19.7 Å². The van der Waals surface area contributed by atoms with Gasteiger partial charge in [0.25, 0.3) is 0 Å². The normalized spacial score (nSPS) is 14.9. The van der Waals surface area contributed by atoms with Crippen LogP contribution in [0.4, 0.5) is 5.69 Å². The Kier molecular flexibility index (Phi) is 4.52. The van der Waals surface area contributed by atoms with Crippen LogP contribution in [-0.4, -0.2) is 23.2 Å². The van der Waals surface area contributed by atoms with Crippen LogP contribution >= 0.6 is 0 Å². The van der Waals surface area contributed by atoms with E-state index in [0.29, 0.717) is 0 Å². The van der Waals surface area contributed by atoms with Gasteiger partial charge in [0.15, 0.2) is 11.5 Å². The van der Waals surface area contributed by atoms with Gasteiger partial charge in [-0.15, -0.1) is 0 Å². The number of nitrogens with zero attached hydrogens (tertiary/aromatic N) is 1. The molecule has 0 heterocycles. The molecule has 1 saturated carbocycles. The van der Waals surface area contributed by atoms with Crippen molar-refractivity contribution in [2.75, 3.05) is 6.61 Å². The van der Waals surface area contributed by atoms with E-state index in [1.54, 1.807) is 0 Å². The molecule has 1 aliphatic rings. The Bertz CT molecular complexity index is 579. The predicted octanol–water partition coefficient (Wildman–Crippen LogP) is 1.83. The Morgan fingerprint density at radius 1 is 1.33 bits per heavy atom. The number of rotatable bonds is 6. The summed E-state index contributed by atoms with van der Waals surface area (Å²) >= 11 is 0. The zero-order valence-electron chi connectivity index (χ0n) is 11.4. The van der Waals surface area contributed by atoms with Gasteiger partial charge in [0.05, 0.1) is 4.92 Å². The van der Waals surface area contributed by atoms with E-state index in [-0.39, 0.29) is 35.3 Å². The van der Waals surface area contributed by atoms with Crippen LogP contribution in [-0.2, 0) is 4.79 Å². The van der Waals surface area contributed by atoms with E-state index in [0.717, 1.165) is 31.7 Å². The number of hydrogen-bond donors (Lipinski definition) is 1. The first kappa shape index (κ1) is 15.0. The summed E-state index contributed by atoms with van der Waals surface area (Å²) in [6.45, 7) is -0.193. The van der Waals surface area contributed by atoms with Crippen LogP contribution in [0.25, 0.3) is 0 Å². The lowest BCUT2D eigenvalue weighted by Gasteiger charge is -2.10. The second kappa shape index (κ2) is 6.34. The summed E-state index contributed by atoms with van der Waals surface area (Å²) in [7, 11) is 0. The van der Waals surface area contributed by atoms with Crippen molar-refractivity contribution in [2.24, 2.45) is 11.7 Å². The van der Waals surface area contributed by atoms with Gasteiger partial charge in [-0.05, 0) is 25.0 Å². The number of carbonyl (C=O) groups excluding carboxylic acids is 2. The maximum atomic E-state index is 11.9. The number of carbonyl (C=O) groups is 2. The molecule has 0 unspecified atom stereocenters. The summed E-state index contributed by atoms with van der Waals surface area (Å²) in [5, 5.41) is 11.0. The van der Waals surface area contributed by atoms with Crippen molar-refractivity contribution < 1.29 is 19.2 Å². The van der Waals surface area contributed by atoms with Crippen molar-refractivity contribution in [3.05, 3.63) is 33.9 Å². The molecule has 1 fully saturated rings. The van der Waals surface area contributed by atoms with Gasteiger partial charge in [-0.2, -0.15) is 0 Å². The fraction of sp³-hybridized carbons (Fsp3) is 0.429. The third-order valence-corrected chi connectivity index (χ3v) is 3.62. The standard InChI is InChI=1S/C14H16N2O5/c15-14(18)10-5-6-13(11(7-10)16(19)20)21-8-12(17)9-3-1-2-4-9/h5-7,9H,1-4,8H2,(H2,15,18). The molecule has 1 aliphatic carbocycles. The minimum absolute atomic E-state index is 0.00560. The van der Waals surface area contributed by atoms with Gasteiger partial charge in [-0.3, -0.25) is 19.7 Å². The van der Waals surface area contributed by atoms with E-state index in [2.05, 4.69) is 0 Å². The van der Waals surface area contributed by atoms with Crippen molar-refractivity contribution in [1.82, 2.24) is 0 Å². The third-order valence-electron chi connectivity index (χ3n) is 3.62. The molecule has 0 spiro atoms. The number of nitrogens with two attached hydrogens (primary N) is 1. The number of nitro groups is 1. The molecular weight excluding hydrogens is 276 g/mol. The van der Waals surface area contributed by atoms with Crippen LogP contribution in [0.1, 0.15) is 36.0 Å². The number of hydrogen-bond acceptors (Lipinski definition) is 5. The maximum Gasteiger partial charge on any atom is 0.311 e. The summed E-state index contributed by atoms with van der Waals surface area (Å²) in [6.07, 6.45) is 3.77. The molecule has 1 aromatic rings. The highest BCUT2D eigenvalue weighted by molar-refractivity contribution is 5.93. The third kappa shape index (κ3) is 3.56. The fourth-order valence-electron chi connectivity index (χ4n) is 2.45. The van der Waals surface area contributed by atoms with Gasteiger partial charge in [0.1, 0.15) is 6.61 Å². The Balaban J connectivity index is 2.10. The first-order chi connectivity index (χ1) is 9.99. The summed E-state index contributed by atoms with van der Waals surface area (Å²) in [5.74, 6) is -0.835. The second-order valence-electron chi connectivity index (χ2n) is 5.04. The first-order valence-electron chi connectivity index (χ1n) is 6.73. The van der Waals surface area contributed by atoms with Crippen molar-refractivity contribution >= 4 is 17.4 Å². The Morgan fingerprint density at radius 3 is 2.57 bits per heavy atom.